The van der Waals surface area contributed by atoms with Gasteiger partial charge < -0.3 is 4.57 Å². The van der Waals surface area contributed by atoms with Crippen molar-refractivity contribution < 1.29 is 0 Å². The number of halogens is 2. The molecule has 2 heterocycles. The van der Waals surface area contributed by atoms with Gasteiger partial charge in [-0.25, -0.2) is 4.98 Å². The van der Waals surface area contributed by atoms with E-state index in [1.807, 2.05) is 23.7 Å². The molecule has 0 fully saturated rings. The highest BCUT2D eigenvalue weighted by Crippen LogP contribution is 2.26. The van der Waals surface area contributed by atoms with Gasteiger partial charge in [0.15, 0.2) is 5.15 Å². The van der Waals surface area contributed by atoms with Crippen LogP contribution in [0.4, 0.5) is 0 Å². The van der Waals surface area contributed by atoms with Gasteiger partial charge in [-0.3, -0.25) is 0 Å². The van der Waals surface area contributed by atoms with Crippen molar-refractivity contribution in [1.29, 1.82) is 0 Å². The lowest BCUT2D eigenvalue weighted by Gasteiger charge is -1.98. The molecule has 0 unspecified atom stereocenters. The second-order valence-corrected chi connectivity index (χ2v) is 3.74. The van der Waals surface area contributed by atoms with E-state index in [1.54, 1.807) is 6.20 Å². The number of aromatic nitrogens is 2. The number of pyridine rings is 1. The van der Waals surface area contributed by atoms with E-state index >= 15 is 0 Å². The second kappa shape index (κ2) is 2.75. The van der Waals surface area contributed by atoms with Crippen molar-refractivity contribution >= 4 is 38.4 Å². The molecule has 2 aromatic rings. The quantitative estimate of drug-likeness (QED) is 0.653. The first-order valence-corrected chi connectivity index (χ1v) is 4.62. The minimum atomic E-state index is 0.542. The lowest BCUT2D eigenvalue weighted by molar-refractivity contribution is 0.938. The van der Waals surface area contributed by atoms with Crippen LogP contribution < -0.4 is 0 Å². The molecule has 0 spiro atoms. The Morgan fingerprint density at radius 3 is 3.00 bits per heavy atom. The first-order valence-electron chi connectivity index (χ1n) is 3.45. The molecule has 0 aliphatic carbocycles. The summed E-state index contributed by atoms with van der Waals surface area (Å²) in [5.74, 6) is 0. The SMILES string of the molecule is Cn1c(Br)cc2ccnc(Cl)c21. The molecule has 4 heteroatoms. The molecular weight excluding hydrogens is 239 g/mol. The standard InChI is InChI=1S/C8H6BrClN2/c1-12-6(9)4-5-2-3-11-8(10)7(5)12/h2-4H,1H3. The van der Waals surface area contributed by atoms with Gasteiger partial charge in [-0.15, -0.1) is 0 Å². The summed E-state index contributed by atoms with van der Waals surface area (Å²) in [6.45, 7) is 0. The number of aryl methyl sites for hydroxylation is 1. The fourth-order valence-electron chi connectivity index (χ4n) is 1.22. The summed E-state index contributed by atoms with van der Waals surface area (Å²) in [6.07, 6.45) is 1.71. The highest BCUT2D eigenvalue weighted by atomic mass is 79.9. The number of fused-ring (bicyclic) bond motifs is 1. The number of hydrogen-bond donors (Lipinski definition) is 0. The third-order valence-electron chi connectivity index (χ3n) is 1.84. The van der Waals surface area contributed by atoms with E-state index in [0.29, 0.717) is 5.15 Å². The van der Waals surface area contributed by atoms with E-state index < -0.39 is 0 Å². The Morgan fingerprint density at radius 2 is 2.33 bits per heavy atom. The molecule has 0 saturated heterocycles. The molecule has 0 N–H and O–H groups in total. The molecule has 62 valence electrons. The Hall–Kier alpha value is -0.540. The molecule has 2 aromatic heterocycles. The summed E-state index contributed by atoms with van der Waals surface area (Å²) in [5.41, 5.74) is 0.964. The molecular formula is C8H6BrClN2. The predicted octanol–water partition coefficient (Wildman–Crippen LogP) is 2.99. The molecule has 0 aromatic carbocycles. The van der Waals surface area contributed by atoms with Gasteiger partial charge in [0, 0.05) is 18.6 Å². The summed E-state index contributed by atoms with van der Waals surface area (Å²) in [5, 5.41) is 1.64. The minimum absolute atomic E-state index is 0.542. The van der Waals surface area contributed by atoms with Gasteiger partial charge in [0.2, 0.25) is 0 Å². The van der Waals surface area contributed by atoms with Crippen LogP contribution in [0.1, 0.15) is 0 Å². The number of rotatable bonds is 0. The fraction of sp³-hybridized carbons (Fsp3) is 0.125. The molecule has 2 nitrogen and oxygen atoms in total. The second-order valence-electron chi connectivity index (χ2n) is 2.57. The van der Waals surface area contributed by atoms with Crippen molar-refractivity contribution in [2.45, 2.75) is 0 Å². The van der Waals surface area contributed by atoms with E-state index in [9.17, 15) is 0 Å². The summed E-state index contributed by atoms with van der Waals surface area (Å²) >= 11 is 9.34. The average Bonchev–Trinajstić information content (AvgIpc) is 2.29. The van der Waals surface area contributed by atoms with Crippen molar-refractivity contribution in [1.82, 2.24) is 9.55 Å². The normalized spacial score (nSPS) is 10.9. The van der Waals surface area contributed by atoms with Crippen molar-refractivity contribution in [2.75, 3.05) is 0 Å². The van der Waals surface area contributed by atoms with Crippen LogP contribution in [0, 0.1) is 0 Å². The zero-order valence-corrected chi connectivity index (χ0v) is 8.72. The van der Waals surface area contributed by atoms with Gasteiger partial charge in [-0.05, 0) is 28.1 Å². The molecule has 12 heavy (non-hydrogen) atoms. The molecule has 0 bridgehead atoms. The van der Waals surface area contributed by atoms with Crippen molar-refractivity contribution in [3.05, 3.63) is 28.1 Å². The number of hydrogen-bond acceptors (Lipinski definition) is 1. The maximum absolute atomic E-state index is 5.92. The van der Waals surface area contributed by atoms with Gasteiger partial charge in [-0.2, -0.15) is 0 Å². The Bertz CT molecular complexity index is 436. The average molecular weight is 246 g/mol. The van der Waals surface area contributed by atoms with Gasteiger partial charge in [0.25, 0.3) is 0 Å². The van der Waals surface area contributed by atoms with Gasteiger partial charge in [0.05, 0.1) is 10.1 Å². The highest BCUT2D eigenvalue weighted by Gasteiger charge is 2.06. The van der Waals surface area contributed by atoms with Crippen LogP contribution in [0.5, 0.6) is 0 Å². The first-order chi connectivity index (χ1) is 5.70. The Labute approximate surface area is 83.3 Å². The minimum Gasteiger partial charge on any atom is -0.336 e. The zero-order chi connectivity index (χ0) is 8.72. The fourth-order valence-corrected chi connectivity index (χ4v) is 1.94. The van der Waals surface area contributed by atoms with Crippen LogP contribution in [0.3, 0.4) is 0 Å². The van der Waals surface area contributed by atoms with Crippen LogP contribution in [0.25, 0.3) is 10.9 Å². The van der Waals surface area contributed by atoms with Gasteiger partial charge in [0.1, 0.15) is 0 Å². The lowest BCUT2D eigenvalue weighted by Crippen LogP contribution is -1.88. The van der Waals surface area contributed by atoms with Crippen molar-refractivity contribution in [3.8, 4) is 0 Å². The van der Waals surface area contributed by atoms with E-state index in [4.69, 9.17) is 11.6 Å². The van der Waals surface area contributed by atoms with Crippen LogP contribution in [0.2, 0.25) is 5.15 Å². The summed E-state index contributed by atoms with van der Waals surface area (Å²) in [7, 11) is 1.94. The molecule has 0 amide bonds. The Balaban J connectivity index is 2.97. The maximum atomic E-state index is 5.92. The molecule has 0 aliphatic heterocycles. The third kappa shape index (κ3) is 1.04. The molecule has 2 rings (SSSR count). The van der Waals surface area contributed by atoms with Crippen molar-refractivity contribution in [2.24, 2.45) is 7.05 Å². The molecule has 0 radical (unpaired) electrons. The summed E-state index contributed by atoms with van der Waals surface area (Å²) in [4.78, 5) is 4.01. The summed E-state index contributed by atoms with van der Waals surface area (Å²) < 4.78 is 2.97. The topological polar surface area (TPSA) is 17.8 Å². The summed E-state index contributed by atoms with van der Waals surface area (Å²) in [6, 6.07) is 3.95. The molecule has 0 atom stereocenters. The lowest BCUT2D eigenvalue weighted by atomic mass is 10.3. The first kappa shape index (κ1) is 8.08. The zero-order valence-electron chi connectivity index (χ0n) is 6.38. The third-order valence-corrected chi connectivity index (χ3v) is 2.88. The monoisotopic (exact) mass is 244 g/mol. The van der Waals surface area contributed by atoms with Gasteiger partial charge >= 0.3 is 0 Å². The molecule has 0 aliphatic rings. The predicted molar refractivity (Wildman–Crippen MR) is 53.4 cm³/mol. The van der Waals surface area contributed by atoms with Crippen molar-refractivity contribution in [3.63, 3.8) is 0 Å². The maximum Gasteiger partial charge on any atom is 0.153 e. The Kier molecular flexibility index (Phi) is 1.85. The smallest absolute Gasteiger partial charge is 0.153 e. The van der Waals surface area contributed by atoms with E-state index in [2.05, 4.69) is 20.9 Å². The van der Waals surface area contributed by atoms with Gasteiger partial charge in [-0.1, -0.05) is 11.6 Å². The molecule has 0 saturated carbocycles. The van der Waals surface area contributed by atoms with E-state index in [0.717, 1.165) is 15.5 Å². The van der Waals surface area contributed by atoms with E-state index in [1.165, 1.54) is 0 Å². The van der Waals surface area contributed by atoms with Crippen LogP contribution >= 0.6 is 27.5 Å². The highest BCUT2D eigenvalue weighted by molar-refractivity contribution is 9.10. The van der Waals surface area contributed by atoms with Crippen LogP contribution in [-0.4, -0.2) is 9.55 Å². The van der Waals surface area contributed by atoms with E-state index in [-0.39, 0.29) is 0 Å². The van der Waals surface area contributed by atoms with Crippen LogP contribution in [0.15, 0.2) is 22.9 Å². The number of nitrogens with zero attached hydrogens (tertiary/aromatic N) is 2. The largest absolute Gasteiger partial charge is 0.336 e. The Morgan fingerprint density at radius 1 is 1.58 bits per heavy atom. The van der Waals surface area contributed by atoms with Crippen LogP contribution in [-0.2, 0) is 7.05 Å².